The number of hydrogen-bond acceptors (Lipinski definition) is 5. The third-order valence-electron chi connectivity index (χ3n) is 5.22. The van der Waals surface area contributed by atoms with Gasteiger partial charge in [-0.3, -0.25) is 4.79 Å². The van der Waals surface area contributed by atoms with Crippen LogP contribution in [-0.2, 0) is 6.54 Å². The summed E-state index contributed by atoms with van der Waals surface area (Å²) >= 11 is 5.88. The smallest absolute Gasteiger partial charge is 0.354 e. The van der Waals surface area contributed by atoms with Crippen LogP contribution in [-0.4, -0.2) is 31.5 Å². The maximum atomic E-state index is 13.3. The van der Waals surface area contributed by atoms with E-state index in [2.05, 4.69) is 4.98 Å². The minimum Gasteiger partial charge on any atom is -0.756 e. The number of pyridine rings is 2. The first-order chi connectivity index (χ1) is 15.8. The zero-order chi connectivity index (χ0) is 23.7. The largest absolute Gasteiger partial charge is 0.756 e. The van der Waals surface area contributed by atoms with Gasteiger partial charge in [-0.2, -0.15) is 8.97 Å². The molecule has 9 heteroatoms. The van der Waals surface area contributed by atoms with E-state index in [1.165, 1.54) is 16.5 Å². The minimum absolute atomic E-state index is 0.0114. The van der Waals surface area contributed by atoms with Gasteiger partial charge in [0.2, 0.25) is 5.91 Å². The number of nitrogens with zero attached hydrogens (tertiary/aromatic N) is 4. The molecule has 0 aliphatic carbocycles. The number of amides is 1. The second-order valence-corrected chi connectivity index (χ2v) is 8.20. The van der Waals surface area contributed by atoms with Crippen LogP contribution in [0.25, 0.3) is 16.8 Å². The van der Waals surface area contributed by atoms with E-state index >= 15 is 0 Å². The first-order valence-corrected chi connectivity index (χ1v) is 10.6. The molecule has 0 aliphatic rings. The predicted molar refractivity (Wildman–Crippen MR) is 124 cm³/mol. The molecule has 0 atom stereocenters. The summed E-state index contributed by atoms with van der Waals surface area (Å²) in [5.74, 6) is -0.985. The first kappa shape index (κ1) is 22.4. The molecule has 0 bridgehead atoms. The molecular weight excluding hydrogens is 444 g/mol. The lowest BCUT2D eigenvalue weighted by Gasteiger charge is -2.32. The second-order valence-electron chi connectivity index (χ2n) is 7.81. The van der Waals surface area contributed by atoms with Crippen LogP contribution in [0.3, 0.4) is 0 Å². The Balaban J connectivity index is 1.90. The molecule has 0 saturated heterocycles. The summed E-state index contributed by atoms with van der Waals surface area (Å²) in [6.45, 7) is 3.45. The summed E-state index contributed by atoms with van der Waals surface area (Å²) in [6.07, 6.45) is 3.19. The average Bonchev–Trinajstić information content (AvgIpc) is 2.82. The monoisotopic (exact) mass is 464 g/mol. The number of rotatable bonds is 5. The highest BCUT2D eigenvalue weighted by atomic mass is 35.5. The van der Waals surface area contributed by atoms with Crippen LogP contribution in [0.1, 0.15) is 29.8 Å². The lowest BCUT2D eigenvalue weighted by atomic mass is 10.0. The van der Waals surface area contributed by atoms with E-state index in [9.17, 15) is 19.9 Å². The molecule has 8 nitrogen and oxygen atoms in total. The summed E-state index contributed by atoms with van der Waals surface area (Å²) in [5.41, 5.74) is 1.23. The summed E-state index contributed by atoms with van der Waals surface area (Å²) in [4.78, 5) is 29.9. The van der Waals surface area contributed by atoms with Crippen molar-refractivity contribution in [3.63, 3.8) is 0 Å². The summed E-state index contributed by atoms with van der Waals surface area (Å²) in [7, 11) is 0. The fourth-order valence-corrected chi connectivity index (χ4v) is 3.66. The molecule has 33 heavy (non-hydrogen) atoms. The van der Waals surface area contributed by atoms with Crippen molar-refractivity contribution in [2.75, 3.05) is 0 Å². The number of fused-ring (bicyclic) bond motifs is 1. The van der Waals surface area contributed by atoms with E-state index in [0.29, 0.717) is 21.4 Å². The second kappa shape index (κ2) is 9.01. The standard InChI is InChI=1S/C24H21ClN4O4/c1-15(2)29(33)22(30)18-7-5-6-17(12-18)21-23(31)27-11-4-3-8-20(27)28(24(21)32)14-16-9-10-19(25)26-13-16/h3-13,15,32H,14H2,1-2H3. The highest BCUT2D eigenvalue weighted by Gasteiger charge is 2.26. The molecule has 3 aromatic heterocycles. The van der Waals surface area contributed by atoms with Crippen molar-refractivity contribution in [3.05, 3.63) is 98.8 Å². The van der Waals surface area contributed by atoms with Crippen molar-refractivity contribution in [2.24, 2.45) is 0 Å². The Labute approximate surface area is 194 Å². The predicted octanol–water partition coefficient (Wildman–Crippen LogP) is 3.40. The topological polar surface area (TPSA) is 102 Å². The van der Waals surface area contributed by atoms with Gasteiger partial charge in [0, 0.05) is 29.4 Å². The number of hydrogen-bond donors (Lipinski definition) is 1. The Bertz CT molecular complexity index is 1400. The normalized spacial score (nSPS) is 11.2. The maximum absolute atomic E-state index is 13.3. The van der Waals surface area contributed by atoms with Crippen LogP contribution in [0.4, 0.5) is 0 Å². The van der Waals surface area contributed by atoms with Gasteiger partial charge in [-0.25, -0.2) is 9.78 Å². The maximum Gasteiger partial charge on any atom is 0.354 e. The molecule has 0 fully saturated rings. The molecule has 0 radical (unpaired) electrons. The van der Waals surface area contributed by atoms with Crippen LogP contribution >= 0.6 is 11.6 Å². The summed E-state index contributed by atoms with van der Waals surface area (Å²) in [5, 5.41) is 24.0. The van der Waals surface area contributed by atoms with Crippen LogP contribution in [0.5, 0.6) is 5.88 Å². The highest BCUT2D eigenvalue weighted by molar-refractivity contribution is 6.29. The van der Waals surface area contributed by atoms with Gasteiger partial charge in [-0.05, 0) is 43.7 Å². The molecule has 1 N–H and O–H groups in total. The Hall–Kier alpha value is -3.75. The third kappa shape index (κ3) is 4.30. The van der Waals surface area contributed by atoms with Gasteiger partial charge in [0.1, 0.15) is 11.7 Å². The molecule has 0 spiro atoms. The van der Waals surface area contributed by atoms with E-state index < -0.39 is 17.5 Å². The van der Waals surface area contributed by atoms with E-state index in [1.807, 2.05) is 0 Å². The summed E-state index contributed by atoms with van der Waals surface area (Å²) in [6, 6.07) is 14.2. The van der Waals surface area contributed by atoms with Crippen molar-refractivity contribution in [2.45, 2.75) is 26.4 Å². The van der Waals surface area contributed by atoms with E-state index in [1.54, 1.807) is 73.3 Å². The first-order valence-electron chi connectivity index (χ1n) is 10.3. The number of hydroxylamine groups is 2. The Morgan fingerprint density at radius 1 is 1.21 bits per heavy atom. The lowest BCUT2D eigenvalue weighted by Crippen LogP contribution is -2.41. The number of benzene rings is 1. The lowest BCUT2D eigenvalue weighted by molar-refractivity contribution is -0.671. The summed E-state index contributed by atoms with van der Waals surface area (Å²) < 4.78 is 2.99. The van der Waals surface area contributed by atoms with Gasteiger partial charge < -0.3 is 15.4 Å². The van der Waals surface area contributed by atoms with Crippen LogP contribution < -0.4 is 10.1 Å². The van der Waals surface area contributed by atoms with Gasteiger partial charge in [-0.1, -0.05) is 35.9 Å². The molecule has 3 heterocycles. The van der Waals surface area contributed by atoms with Crippen molar-refractivity contribution in [1.29, 1.82) is 0 Å². The molecule has 0 aliphatic heterocycles. The molecule has 4 rings (SSSR count). The van der Waals surface area contributed by atoms with E-state index in [-0.39, 0.29) is 23.6 Å². The molecule has 0 unspecified atom stereocenters. The number of aromatic nitrogens is 3. The van der Waals surface area contributed by atoms with Crippen molar-refractivity contribution in [3.8, 4) is 17.0 Å². The van der Waals surface area contributed by atoms with Crippen LogP contribution in [0.15, 0.2) is 71.8 Å². The molecular formula is C24H21ClN4O4. The third-order valence-corrected chi connectivity index (χ3v) is 5.45. The van der Waals surface area contributed by atoms with Gasteiger partial charge in [-0.15, -0.1) is 0 Å². The number of aromatic hydroxyl groups is 1. The zero-order valence-electron chi connectivity index (χ0n) is 18.0. The quantitative estimate of drug-likeness (QED) is 0.277. The Morgan fingerprint density at radius 3 is 2.70 bits per heavy atom. The van der Waals surface area contributed by atoms with Crippen LogP contribution in [0.2, 0.25) is 5.15 Å². The zero-order valence-corrected chi connectivity index (χ0v) is 18.7. The molecule has 168 valence electrons. The van der Waals surface area contributed by atoms with Gasteiger partial charge >= 0.3 is 5.56 Å². The van der Waals surface area contributed by atoms with Crippen molar-refractivity contribution >= 4 is 23.2 Å². The molecule has 1 amide bonds. The number of carbonyl (C=O) groups is 1. The molecule has 0 saturated carbocycles. The SMILES string of the molecule is CC(C)N([O-])C(=O)c1cccc(-c2c(O)[n+](Cc3ccc(Cl)nc3)c3ccccn3c2=O)c1. The Morgan fingerprint density at radius 2 is 2.00 bits per heavy atom. The Kier molecular flexibility index (Phi) is 6.13. The molecule has 4 aromatic rings. The van der Waals surface area contributed by atoms with Crippen LogP contribution in [0, 0.1) is 5.21 Å². The van der Waals surface area contributed by atoms with Crippen molar-refractivity contribution < 1.29 is 14.5 Å². The van der Waals surface area contributed by atoms with Gasteiger partial charge in [0.25, 0.3) is 11.5 Å². The fraction of sp³-hybridized carbons (Fsp3) is 0.167. The van der Waals surface area contributed by atoms with Gasteiger partial charge in [0.05, 0.1) is 6.20 Å². The number of halogens is 1. The van der Waals surface area contributed by atoms with E-state index in [4.69, 9.17) is 11.6 Å². The average molecular weight is 465 g/mol. The van der Waals surface area contributed by atoms with Crippen molar-refractivity contribution in [1.82, 2.24) is 14.4 Å². The van der Waals surface area contributed by atoms with Gasteiger partial charge in [0.15, 0.2) is 5.56 Å². The minimum atomic E-state index is -0.715. The number of carbonyl (C=O) groups excluding carboxylic acids is 1. The van der Waals surface area contributed by atoms with E-state index in [0.717, 1.165) is 5.56 Å². The fourth-order valence-electron chi connectivity index (χ4n) is 3.55. The molecule has 1 aromatic carbocycles. The highest BCUT2D eigenvalue weighted by Crippen LogP contribution is 2.25.